The maximum absolute atomic E-state index is 12.2. The van der Waals surface area contributed by atoms with Crippen LogP contribution >= 0.6 is 0 Å². The maximum atomic E-state index is 12.2. The number of nitrogens with zero attached hydrogens (tertiary/aromatic N) is 2. The molecule has 0 N–H and O–H groups in total. The third-order valence-corrected chi connectivity index (χ3v) is 7.08. The monoisotopic (exact) mass is 336 g/mol. The van der Waals surface area contributed by atoms with Gasteiger partial charge in [-0.3, -0.25) is 0 Å². The molecule has 122 valence electrons. The summed E-state index contributed by atoms with van der Waals surface area (Å²) < 4.78 is 51.4. The van der Waals surface area contributed by atoms with Gasteiger partial charge in [-0.1, -0.05) is 24.3 Å². The van der Waals surface area contributed by atoms with Crippen LogP contribution in [-0.2, 0) is 20.0 Å². The van der Waals surface area contributed by atoms with Crippen LogP contribution in [0.3, 0.4) is 0 Å². The van der Waals surface area contributed by atoms with Crippen molar-refractivity contribution >= 4 is 20.0 Å². The summed E-state index contributed by atoms with van der Waals surface area (Å²) in [5, 5.41) is 0. The smallest absolute Gasteiger partial charge is 0.212 e. The van der Waals surface area contributed by atoms with E-state index >= 15 is 0 Å². The van der Waals surface area contributed by atoms with E-state index in [4.69, 9.17) is 0 Å². The van der Waals surface area contributed by atoms with Crippen molar-refractivity contribution in [2.75, 3.05) is 37.7 Å². The standard InChI is InChI=1S/C13H24N2O4S2/c1-12(2)10-20(16,17)14-6-5-7-15(9-8-14)21(18,19)11-13(3)4/h1,3,5-11H2,2,4H3. The first-order chi connectivity index (χ1) is 9.54. The molecule has 0 aliphatic carbocycles. The Morgan fingerprint density at radius 1 is 0.810 bits per heavy atom. The largest absolute Gasteiger partial charge is 0.217 e. The summed E-state index contributed by atoms with van der Waals surface area (Å²) >= 11 is 0. The molecule has 1 heterocycles. The van der Waals surface area contributed by atoms with Crippen LogP contribution in [0.5, 0.6) is 0 Å². The van der Waals surface area contributed by atoms with Crippen LogP contribution < -0.4 is 0 Å². The Kier molecular flexibility index (Phi) is 6.15. The van der Waals surface area contributed by atoms with Gasteiger partial charge >= 0.3 is 0 Å². The van der Waals surface area contributed by atoms with Crippen molar-refractivity contribution in [3.63, 3.8) is 0 Å². The van der Waals surface area contributed by atoms with E-state index in [1.54, 1.807) is 13.8 Å². The third kappa shape index (κ3) is 5.54. The van der Waals surface area contributed by atoms with E-state index in [-0.39, 0.29) is 24.6 Å². The molecule has 1 rings (SSSR count). The molecule has 0 radical (unpaired) electrons. The van der Waals surface area contributed by atoms with E-state index in [9.17, 15) is 16.8 Å². The zero-order chi connectivity index (χ0) is 16.3. The first kappa shape index (κ1) is 18.3. The molecule has 1 aliphatic heterocycles. The second-order valence-corrected chi connectivity index (χ2v) is 9.52. The second kappa shape index (κ2) is 7.04. The van der Waals surface area contributed by atoms with Crippen molar-refractivity contribution < 1.29 is 16.8 Å². The average Bonchev–Trinajstić information content (AvgIpc) is 2.51. The van der Waals surface area contributed by atoms with Crippen LogP contribution in [0.2, 0.25) is 0 Å². The van der Waals surface area contributed by atoms with Crippen LogP contribution in [0.4, 0.5) is 0 Å². The highest BCUT2D eigenvalue weighted by Crippen LogP contribution is 2.14. The van der Waals surface area contributed by atoms with E-state index in [1.807, 2.05) is 0 Å². The molecule has 6 nitrogen and oxygen atoms in total. The highest BCUT2D eigenvalue weighted by atomic mass is 32.2. The molecular weight excluding hydrogens is 312 g/mol. The van der Waals surface area contributed by atoms with Crippen molar-refractivity contribution in [1.82, 2.24) is 8.61 Å². The van der Waals surface area contributed by atoms with Gasteiger partial charge in [0.2, 0.25) is 20.0 Å². The number of hydrogen-bond acceptors (Lipinski definition) is 4. The van der Waals surface area contributed by atoms with Gasteiger partial charge < -0.3 is 0 Å². The Bertz CT molecular complexity index is 554. The molecule has 8 heteroatoms. The predicted octanol–water partition coefficient (Wildman–Crippen LogP) is 0.806. The lowest BCUT2D eigenvalue weighted by Gasteiger charge is -2.21. The molecule has 1 aliphatic rings. The van der Waals surface area contributed by atoms with E-state index in [2.05, 4.69) is 13.2 Å². The SMILES string of the molecule is C=C(C)CS(=O)(=O)N1CCCN(S(=O)(=O)CC(=C)C)CC1. The topological polar surface area (TPSA) is 74.8 Å². The zero-order valence-electron chi connectivity index (χ0n) is 12.7. The van der Waals surface area contributed by atoms with Gasteiger partial charge in [-0.15, -0.1) is 0 Å². The van der Waals surface area contributed by atoms with Gasteiger partial charge in [0.05, 0.1) is 11.5 Å². The summed E-state index contributed by atoms with van der Waals surface area (Å²) in [4.78, 5) is 0. The van der Waals surface area contributed by atoms with Crippen molar-refractivity contribution in [1.29, 1.82) is 0 Å². The highest BCUT2D eigenvalue weighted by molar-refractivity contribution is 7.89. The van der Waals surface area contributed by atoms with Crippen molar-refractivity contribution in [3.8, 4) is 0 Å². The summed E-state index contributed by atoms with van der Waals surface area (Å²) in [5.41, 5.74) is 1.15. The molecule has 1 saturated heterocycles. The molecule has 0 amide bonds. The minimum absolute atomic E-state index is 0.0918. The Labute approximate surface area is 128 Å². The Morgan fingerprint density at radius 3 is 1.43 bits per heavy atom. The average molecular weight is 336 g/mol. The highest BCUT2D eigenvalue weighted by Gasteiger charge is 2.29. The number of hydrogen-bond donors (Lipinski definition) is 0. The Hall–Kier alpha value is -0.700. The fourth-order valence-corrected chi connectivity index (χ4v) is 5.38. The van der Waals surface area contributed by atoms with Crippen molar-refractivity contribution in [2.24, 2.45) is 0 Å². The molecule has 21 heavy (non-hydrogen) atoms. The van der Waals surface area contributed by atoms with E-state index in [1.165, 1.54) is 8.61 Å². The van der Waals surface area contributed by atoms with Crippen molar-refractivity contribution in [2.45, 2.75) is 20.3 Å². The van der Waals surface area contributed by atoms with Gasteiger partial charge in [-0.2, -0.15) is 0 Å². The molecule has 0 atom stereocenters. The van der Waals surface area contributed by atoms with Crippen LogP contribution in [-0.4, -0.2) is 63.1 Å². The molecule has 0 aromatic heterocycles. The molecule has 0 saturated carbocycles. The summed E-state index contributed by atoms with van der Waals surface area (Å²) in [6.45, 7) is 11.6. The quantitative estimate of drug-likeness (QED) is 0.673. The van der Waals surface area contributed by atoms with Gasteiger partial charge in [0.1, 0.15) is 0 Å². The van der Waals surface area contributed by atoms with Crippen molar-refractivity contribution in [3.05, 3.63) is 24.3 Å². The molecule has 1 fully saturated rings. The first-order valence-electron chi connectivity index (χ1n) is 6.79. The van der Waals surface area contributed by atoms with Crippen LogP contribution in [0.25, 0.3) is 0 Å². The molecule has 0 aromatic carbocycles. The summed E-state index contributed by atoms with van der Waals surface area (Å²) in [7, 11) is -6.81. The van der Waals surface area contributed by atoms with Gasteiger partial charge in [-0.25, -0.2) is 25.4 Å². The molecule has 0 unspecified atom stereocenters. The second-order valence-electron chi connectivity index (χ2n) is 5.58. The fourth-order valence-electron chi connectivity index (χ4n) is 2.23. The fraction of sp³-hybridized carbons (Fsp3) is 0.692. The third-order valence-electron chi connectivity index (χ3n) is 3.06. The summed E-state index contributed by atoms with van der Waals surface area (Å²) in [5.74, 6) is -0.184. The van der Waals surface area contributed by atoms with Crippen LogP contribution in [0.15, 0.2) is 24.3 Å². The summed E-state index contributed by atoms with van der Waals surface area (Å²) in [6.07, 6.45) is 0.491. The molecule has 0 bridgehead atoms. The lowest BCUT2D eigenvalue weighted by molar-refractivity contribution is 0.406. The predicted molar refractivity (Wildman–Crippen MR) is 85.0 cm³/mol. The normalized spacial score (nSPS) is 19.1. The number of rotatable bonds is 6. The first-order valence-corrected chi connectivity index (χ1v) is 10.0. The summed E-state index contributed by atoms with van der Waals surface area (Å²) in [6, 6.07) is 0. The van der Waals surface area contributed by atoms with Gasteiger partial charge in [0.15, 0.2) is 0 Å². The minimum Gasteiger partial charge on any atom is -0.212 e. The minimum atomic E-state index is -3.40. The van der Waals surface area contributed by atoms with Gasteiger partial charge in [0.25, 0.3) is 0 Å². The van der Waals surface area contributed by atoms with E-state index in [0.29, 0.717) is 30.7 Å². The van der Waals surface area contributed by atoms with E-state index in [0.717, 1.165) is 0 Å². The van der Waals surface area contributed by atoms with Gasteiger partial charge in [0, 0.05) is 26.2 Å². The van der Waals surface area contributed by atoms with Crippen LogP contribution in [0.1, 0.15) is 20.3 Å². The van der Waals surface area contributed by atoms with E-state index < -0.39 is 20.0 Å². The zero-order valence-corrected chi connectivity index (χ0v) is 14.3. The molecule has 0 spiro atoms. The number of sulfonamides is 2. The van der Waals surface area contributed by atoms with Crippen LogP contribution in [0, 0.1) is 0 Å². The molecule has 0 aromatic rings. The maximum Gasteiger partial charge on any atom is 0.217 e. The Morgan fingerprint density at radius 2 is 1.14 bits per heavy atom. The molecular formula is C13H24N2O4S2. The Balaban J connectivity index is 2.79. The van der Waals surface area contributed by atoms with Gasteiger partial charge in [-0.05, 0) is 20.3 Å². The lowest BCUT2D eigenvalue weighted by Crippen LogP contribution is -2.39. The lowest BCUT2D eigenvalue weighted by atomic mass is 10.4.